The number of carbonyl (C=O) groups excluding carboxylic acids is 1. The molecule has 0 spiro atoms. The number of nitrogens with zero attached hydrogens (tertiary/aromatic N) is 4. The van der Waals surface area contributed by atoms with Crippen molar-refractivity contribution in [1.82, 2.24) is 14.6 Å². The molecule has 36 heavy (non-hydrogen) atoms. The molecule has 0 radical (unpaired) electrons. The van der Waals surface area contributed by atoms with E-state index in [1.807, 2.05) is 26.0 Å². The fourth-order valence-electron chi connectivity index (χ4n) is 3.83. The van der Waals surface area contributed by atoms with E-state index < -0.39 is 0 Å². The van der Waals surface area contributed by atoms with Crippen molar-refractivity contribution in [2.75, 3.05) is 40.0 Å². The van der Waals surface area contributed by atoms with Crippen molar-refractivity contribution in [2.24, 2.45) is 5.10 Å². The number of hydrogen-bond donors (Lipinski definition) is 0. The van der Waals surface area contributed by atoms with Gasteiger partial charge in [0.05, 0.1) is 37.4 Å². The minimum Gasteiger partial charge on any atom is -0.493 e. The monoisotopic (exact) mass is 556 g/mol. The van der Waals surface area contributed by atoms with Crippen LogP contribution in [0.1, 0.15) is 37.6 Å². The maximum Gasteiger partial charge on any atom is 0.282 e. The molecule has 4 rings (SSSR count). The molecule has 2 heterocycles. The van der Waals surface area contributed by atoms with Crippen LogP contribution in [0.2, 0.25) is 0 Å². The van der Waals surface area contributed by atoms with Gasteiger partial charge in [0, 0.05) is 23.5 Å². The molecule has 1 fully saturated rings. The maximum absolute atomic E-state index is 13.3. The highest BCUT2D eigenvalue weighted by atomic mass is 79.9. The second-order valence-electron chi connectivity index (χ2n) is 8.49. The fraction of sp³-hybridized carbons (Fsp3) is 0.385. The number of carbonyl (C=O) groups is 1. The predicted molar refractivity (Wildman–Crippen MR) is 141 cm³/mol. The van der Waals surface area contributed by atoms with Crippen molar-refractivity contribution in [2.45, 2.75) is 26.2 Å². The van der Waals surface area contributed by atoms with Gasteiger partial charge in [0.1, 0.15) is 5.82 Å². The molecule has 9 nitrogen and oxygen atoms in total. The molecule has 1 saturated heterocycles. The Kier molecular flexibility index (Phi) is 8.37. The van der Waals surface area contributed by atoms with E-state index >= 15 is 0 Å². The number of hydrogen-bond acceptors (Lipinski definition) is 7. The molecule has 0 saturated carbocycles. The number of fused-ring (bicyclic) bond motifs is 1. The zero-order chi connectivity index (χ0) is 25.7. The quantitative estimate of drug-likeness (QED) is 0.391. The number of halogens is 1. The van der Waals surface area contributed by atoms with Crippen molar-refractivity contribution in [3.05, 3.63) is 62.6 Å². The van der Waals surface area contributed by atoms with Gasteiger partial charge in [0.2, 0.25) is 0 Å². The summed E-state index contributed by atoms with van der Waals surface area (Å²) >= 11 is 3.43. The van der Waals surface area contributed by atoms with E-state index in [4.69, 9.17) is 19.2 Å². The molecular weight excluding hydrogens is 528 g/mol. The maximum atomic E-state index is 13.3. The van der Waals surface area contributed by atoms with Gasteiger partial charge in [-0.15, -0.1) is 0 Å². The molecular formula is C26H29BrN4O5. The van der Waals surface area contributed by atoms with Crippen LogP contribution >= 0.6 is 15.9 Å². The molecule has 3 aromatic rings. The second-order valence-corrected chi connectivity index (χ2v) is 9.41. The van der Waals surface area contributed by atoms with Gasteiger partial charge < -0.3 is 19.1 Å². The van der Waals surface area contributed by atoms with Gasteiger partial charge in [-0.2, -0.15) is 9.78 Å². The molecule has 1 aromatic heterocycles. The Labute approximate surface area is 217 Å². The lowest BCUT2D eigenvalue weighted by Crippen LogP contribution is -2.43. The summed E-state index contributed by atoms with van der Waals surface area (Å²) in [6, 6.07) is 10.7. The van der Waals surface area contributed by atoms with Gasteiger partial charge in [-0.25, -0.2) is 4.98 Å². The number of ether oxygens (including phenoxy) is 3. The summed E-state index contributed by atoms with van der Waals surface area (Å²) < 4.78 is 18.6. The lowest BCUT2D eigenvalue weighted by Gasteiger charge is -2.26. The van der Waals surface area contributed by atoms with E-state index in [0.717, 1.165) is 10.9 Å². The van der Waals surface area contributed by atoms with E-state index in [0.29, 0.717) is 60.1 Å². The Morgan fingerprint density at radius 1 is 1.22 bits per heavy atom. The van der Waals surface area contributed by atoms with Crippen molar-refractivity contribution in [1.29, 1.82) is 0 Å². The van der Waals surface area contributed by atoms with Gasteiger partial charge in [-0.05, 0) is 48.4 Å². The van der Waals surface area contributed by atoms with Crippen LogP contribution in [0.15, 0.2) is 50.8 Å². The SMILES string of the molecule is CC[C@@H](C)c1nc2ccc(Br)cc2c(=O)n1N=Cc1ccc(OCC(=O)N2CCOCC2)c(OC)c1. The molecule has 0 unspecified atom stereocenters. The van der Waals surface area contributed by atoms with Crippen LogP contribution in [0.4, 0.5) is 0 Å². The number of rotatable bonds is 8. The third-order valence-corrected chi connectivity index (χ3v) is 6.60. The van der Waals surface area contributed by atoms with Crippen LogP contribution in [0.5, 0.6) is 11.5 Å². The minimum absolute atomic E-state index is 0.0391. The van der Waals surface area contributed by atoms with Crippen LogP contribution in [0.3, 0.4) is 0 Å². The van der Waals surface area contributed by atoms with Crippen molar-refractivity contribution in [3.63, 3.8) is 0 Å². The minimum atomic E-state index is -0.235. The molecule has 2 aromatic carbocycles. The zero-order valence-corrected chi connectivity index (χ0v) is 22.2. The number of morpholine rings is 1. The lowest BCUT2D eigenvalue weighted by molar-refractivity contribution is -0.137. The number of aromatic nitrogens is 2. The van der Waals surface area contributed by atoms with Crippen LogP contribution in [0, 0.1) is 0 Å². The van der Waals surface area contributed by atoms with Crippen molar-refractivity contribution < 1.29 is 19.0 Å². The highest BCUT2D eigenvalue weighted by Gasteiger charge is 2.18. The van der Waals surface area contributed by atoms with Gasteiger partial charge in [0.25, 0.3) is 11.5 Å². The standard InChI is InChI=1S/C26H29BrN4O5/c1-4-17(2)25-29-21-7-6-19(27)14-20(21)26(33)31(25)28-15-18-5-8-22(23(13-18)34-3)36-16-24(32)30-9-11-35-12-10-30/h5-8,13-15,17H,4,9-12,16H2,1-3H3/t17-/m1/s1. The third-order valence-electron chi connectivity index (χ3n) is 6.11. The van der Waals surface area contributed by atoms with E-state index in [2.05, 4.69) is 21.0 Å². The summed E-state index contributed by atoms with van der Waals surface area (Å²) in [5.41, 5.74) is 1.11. The van der Waals surface area contributed by atoms with E-state index in [9.17, 15) is 9.59 Å². The first kappa shape index (κ1) is 25.8. The second kappa shape index (κ2) is 11.7. The number of benzene rings is 2. The van der Waals surface area contributed by atoms with Gasteiger partial charge >= 0.3 is 0 Å². The number of methoxy groups -OCH3 is 1. The Morgan fingerprint density at radius 3 is 2.72 bits per heavy atom. The average molecular weight is 557 g/mol. The molecule has 190 valence electrons. The first-order valence-corrected chi connectivity index (χ1v) is 12.6. The summed E-state index contributed by atoms with van der Waals surface area (Å²) in [6.45, 7) is 6.18. The summed E-state index contributed by atoms with van der Waals surface area (Å²) in [6.07, 6.45) is 2.40. The van der Waals surface area contributed by atoms with Crippen LogP contribution < -0.4 is 15.0 Å². The Balaban J connectivity index is 1.59. The van der Waals surface area contributed by atoms with Crippen molar-refractivity contribution >= 4 is 39.0 Å². The molecule has 0 aliphatic carbocycles. The topological polar surface area (TPSA) is 95.3 Å². The predicted octanol–water partition coefficient (Wildman–Crippen LogP) is 3.80. The van der Waals surface area contributed by atoms with Crippen LogP contribution in [-0.4, -0.2) is 66.7 Å². The van der Waals surface area contributed by atoms with Gasteiger partial charge in [0.15, 0.2) is 18.1 Å². The van der Waals surface area contributed by atoms with E-state index in [1.165, 1.54) is 11.8 Å². The summed E-state index contributed by atoms with van der Waals surface area (Å²) in [5, 5.41) is 4.98. The molecule has 1 aliphatic heterocycles. The Bertz CT molecular complexity index is 1330. The molecule has 0 bridgehead atoms. The number of amides is 1. The molecule has 1 aliphatic rings. The molecule has 10 heteroatoms. The lowest BCUT2D eigenvalue weighted by atomic mass is 10.1. The normalized spacial score (nSPS) is 14.8. The molecule has 1 amide bonds. The van der Waals surface area contributed by atoms with Crippen molar-refractivity contribution in [3.8, 4) is 11.5 Å². The van der Waals surface area contributed by atoms with Gasteiger partial charge in [-0.1, -0.05) is 29.8 Å². The summed E-state index contributed by atoms with van der Waals surface area (Å²) in [7, 11) is 1.53. The molecule has 1 atom stereocenters. The van der Waals surface area contributed by atoms with Gasteiger partial charge in [-0.3, -0.25) is 9.59 Å². The third kappa shape index (κ3) is 5.76. The van der Waals surface area contributed by atoms with Crippen LogP contribution in [-0.2, 0) is 9.53 Å². The first-order chi connectivity index (χ1) is 17.4. The zero-order valence-electron chi connectivity index (χ0n) is 20.6. The molecule has 0 N–H and O–H groups in total. The van der Waals surface area contributed by atoms with E-state index in [1.54, 1.807) is 35.4 Å². The Morgan fingerprint density at radius 2 is 2.00 bits per heavy atom. The highest BCUT2D eigenvalue weighted by Crippen LogP contribution is 2.28. The van der Waals surface area contributed by atoms with Crippen LogP contribution in [0.25, 0.3) is 10.9 Å². The Hall–Kier alpha value is -3.24. The largest absolute Gasteiger partial charge is 0.493 e. The first-order valence-electron chi connectivity index (χ1n) is 11.8. The summed E-state index contributed by atoms with van der Waals surface area (Å²) in [5.74, 6) is 1.45. The summed E-state index contributed by atoms with van der Waals surface area (Å²) in [4.78, 5) is 32.1. The smallest absolute Gasteiger partial charge is 0.282 e. The average Bonchev–Trinajstić information content (AvgIpc) is 2.91. The fourth-order valence-corrected chi connectivity index (χ4v) is 4.19. The highest BCUT2D eigenvalue weighted by molar-refractivity contribution is 9.10. The van der Waals surface area contributed by atoms with E-state index in [-0.39, 0.29) is 24.0 Å².